The number of methoxy groups -OCH3 is 1. The Hall–Kier alpha value is -1.22. The standard InChI is InChI=1S/C15H23NO2/c1-10-5-3-6-11(9-10)15(17)12-7-4-8-13(18-2)14(12)16/h4,7-8,10-11,15,17H,3,5-6,9,16H2,1-2H3. The van der Waals surface area contributed by atoms with Crippen molar-refractivity contribution < 1.29 is 9.84 Å². The first-order valence-electron chi connectivity index (χ1n) is 6.74. The van der Waals surface area contributed by atoms with E-state index in [-0.39, 0.29) is 0 Å². The van der Waals surface area contributed by atoms with Crippen LogP contribution in [0.5, 0.6) is 5.75 Å². The second kappa shape index (κ2) is 5.61. The molecule has 3 heteroatoms. The summed E-state index contributed by atoms with van der Waals surface area (Å²) < 4.78 is 5.21. The number of para-hydroxylation sites is 1. The Morgan fingerprint density at radius 2 is 2.17 bits per heavy atom. The van der Waals surface area contributed by atoms with Crippen molar-refractivity contribution in [3.63, 3.8) is 0 Å². The van der Waals surface area contributed by atoms with Gasteiger partial charge in [0.15, 0.2) is 0 Å². The normalized spacial score (nSPS) is 25.7. The van der Waals surface area contributed by atoms with E-state index in [1.54, 1.807) is 7.11 Å². The van der Waals surface area contributed by atoms with E-state index in [4.69, 9.17) is 10.5 Å². The molecule has 0 heterocycles. The maximum Gasteiger partial charge on any atom is 0.142 e. The van der Waals surface area contributed by atoms with Gasteiger partial charge in [0.05, 0.1) is 18.9 Å². The topological polar surface area (TPSA) is 55.5 Å². The number of ether oxygens (including phenoxy) is 1. The average Bonchev–Trinajstić information content (AvgIpc) is 2.38. The zero-order valence-corrected chi connectivity index (χ0v) is 11.2. The molecule has 0 amide bonds. The Balaban J connectivity index is 2.20. The van der Waals surface area contributed by atoms with E-state index >= 15 is 0 Å². The maximum absolute atomic E-state index is 10.5. The monoisotopic (exact) mass is 249 g/mol. The summed E-state index contributed by atoms with van der Waals surface area (Å²) in [5, 5.41) is 10.5. The lowest BCUT2D eigenvalue weighted by Crippen LogP contribution is -2.21. The van der Waals surface area contributed by atoms with Crippen LogP contribution in [0.15, 0.2) is 18.2 Å². The quantitative estimate of drug-likeness (QED) is 0.809. The first kappa shape index (κ1) is 13.2. The molecule has 3 N–H and O–H groups in total. The van der Waals surface area contributed by atoms with Gasteiger partial charge in [-0.3, -0.25) is 0 Å². The van der Waals surface area contributed by atoms with Crippen molar-refractivity contribution in [3.8, 4) is 5.75 Å². The van der Waals surface area contributed by atoms with Crippen LogP contribution in [0.2, 0.25) is 0 Å². The summed E-state index contributed by atoms with van der Waals surface area (Å²) in [5.41, 5.74) is 7.44. The summed E-state index contributed by atoms with van der Waals surface area (Å²) in [7, 11) is 1.60. The minimum atomic E-state index is -0.470. The molecule has 2 rings (SSSR count). The molecule has 1 aliphatic carbocycles. The summed E-state index contributed by atoms with van der Waals surface area (Å²) in [6.45, 7) is 2.26. The molecular formula is C15H23NO2. The molecule has 0 bridgehead atoms. The Kier molecular flexibility index (Phi) is 4.12. The first-order valence-corrected chi connectivity index (χ1v) is 6.74. The molecule has 1 aromatic rings. The minimum Gasteiger partial charge on any atom is -0.495 e. The molecule has 3 nitrogen and oxygen atoms in total. The van der Waals surface area contributed by atoms with Crippen molar-refractivity contribution >= 4 is 5.69 Å². The second-order valence-corrected chi connectivity index (χ2v) is 5.44. The fraction of sp³-hybridized carbons (Fsp3) is 0.600. The zero-order chi connectivity index (χ0) is 13.1. The van der Waals surface area contributed by atoms with Crippen LogP contribution in [0.25, 0.3) is 0 Å². The van der Waals surface area contributed by atoms with E-state index in [9.17, 15) is 5.11 Å². The molecule has 0 spiro atoms. The van der Waals surface area contributed by atoms with Crippen molar-refractivity contribution in [3.05, 3.63) is 23.8 Å². The highest BCUT2D eigenvalue weighted by Gasteiger charge is 2.28. The predicted molar refractivity (Wildman–Crippen MR) is 73.5 cm³/mol. The fourth-order valence-corrected chi connectivity index (χ4v) is 3.02. The van der Waals surface area contributed by atoms with Crippen LogP contribution in [0.4, 0.5) is 5.69 Å². The van der Waals surface area contributed by atoms with Crippen LogP contribution in [-0.4, -0.2) is 12.2 Å². The molecular weight excluding hydrogens is 226 g/mol. The van der Waals surface area contributed by atoms with Crippen molar-refractivity contribution in [2.24, 2.45) is 11.8 Å². The molecule has 0 aliphatic heterocycles. The lowest BCUT2D eigenvalue weighted by Gasteiger charge is -2.31. The number of hydrogen-bond donors (Lipinski definition) is 2. The van der Waals surface area contributed by atoms with Crippen molar-refractivity contribution in [2.75, 3.05) is 12.8 Å². The van der Waals surface area contributed by atoms with Gasteiger partial charge in [0.1, 0.15) is 5.75 Å². The highest BCUT2D eigenvalue weighted by atomic mass is 16.5. The summed E-state index contributed by atoms with van der Waals surface area (Å²) in [6.07, 6.45) is 4.17. The number of aliphatic hydroxyl groups excluding tert-OH is 1. The summed E-state index contributed by atoms with van der Waals surface area (Å²) in [6, 6.07) is 5.62. The Morgan fingerprint density at radius 1 is 1.39 bits per heavy atom. The summed E-state index contributed by atoms with van der Waals surface area (Å²) in [4.78, 5) is 0. The van der Waals surface area contributed by atoms with Crippen molar-refractivity contribution in [1.29, 1.82) is 0 Å². The van der Waals surface area contributed by atoms with Gasteiger partial charge in [0.2, 0.25) is 0 Å². The van der Waals surface area contributed by atoms with E-state index < -0.39 is 6.10 Å². The van der Waals surface area contributed by atoms with Gasteiger partial charge in [0, 0.05) is 5.56 Å². The zero-order valence-electron chi connectivity index (χ0n) is 11.2. The summed E-state index contributed by atoms with van der Waals surface area (Å²) >= 11 is 0. The molecule has 0 radical (unpaired) electrons. The van der Waals surface area contributed by atoms with Crippen LogP contribution >= 0.6 is 0 Å². The molecule has 18 heavy (non-hydrogen) atoms. The Labute approximate surface area is 109 Å². The van der Waals surface area contributed by atoms with E-state index in [0.717, 1.165) is 18.4 Å². The summed E-state index contributed by atoms with van der Waals surface area (Å²) in [5.74, 6) is 1.67. The molecule has 1 saturated carbocycles. The Bertz CT molecular complexity index is 405. The molecule has 3 atom stereocenters. The molecule has 0 saturated heterocycles. The number of aliphatic hydroxyl groups is 1. The van der Waals surface area contributed by atoms with E-state index in [2.05, 4.69) is 6.92 Å². The predicted octanol–water partition coefficient (Wildman–Crippen LogP) is 3.14. The number of rotatable bonds is 3. The highest BCUT2D eigenvalue weighted by Crippen LogP contribution is 2.40. The van der Waals surface area contributed by atoms with Gasteiger partial charge in [-0.05, 0) is 30.7 Å². The molecule has 100 valence electrons. The molecule has 3 unspecified atom stereocenters. The molecule has 1 aliphatic rings. The Morgan fingerprint density at radius 3 is 2.83 bits per heavy atom. The number of hydrogen-bond acceptors (Lipinski definition) is 3. The van der Waals surface area contributed by atoms with Crippen LogP contribution in [0.1, 0.15) is 44.3 Å². The van der Waals surface area contributed by atoms with Crippen molar-refractivity contribution in [1.82, 2.24) is 0 Å². The maximum atomic E-state index is 10.5. The molecule has 1 fully saturated rings. The van der Waals surface area contributed by atoms with E-state index in [1.807, 2.05) is 18.2 Å². The van der Waals surface area contributed by atoms with Crippen molar-refractivity contribution in [2.45, 2.75) is 38.7 Å². The SMILES string of the molecule is COc1cccc(C(O)C2CCCC(C)C2)c1N. The van der Waals surface area contributed by atoms with Gasteiger partial charge in [-0.15, -0.1) is 0 Å². The van der Waals surface area contributed by atoms with Gasteiger partial charge in [0.25, 0.3) is 0 Å². The van der Waals surface area contributed by atoms with Gasteiger partial charge >= 0.3 is 0 Å². The van der Waals surface area contributed by atoms with Crippen LogP contribution in [-0.2, 0) is 0 Å². The third-order valence-corrected chi connectivity index (χ3v) is 4.06. The lowest BCUT2D eigenvalue weighted by atomic mass is 9.77. The number of benzene rings is 1. The third-order valence-electron chi connectivity index (χ3n) is 4.06. The fourth-order valence-electron chi connectivity index (χ4n) is 3.02. The van der Waals surface area contributed by atoms with Crippen LogP contribution < -0.4 is 10.5 Å². The first-order chi connectivity index (χ1) is 8.63. The number of anilines is 1. The average molecular weight is 249 g/mol. The smallest absolute Gasteiger partial charge is 0.142 e. The van der Waals surface area contributed by atoms with Gasteiger partial charge < -0.3 is 15.6 Å². The molecule has 1 aromatic carbocycles. The van der Waals surface area contributed by atoms with Gasteiger partial charge in [-0.2, -0.15) is 0 Å². The van der Waals surface area contributed by atoms with Crippen LogP contribution in [0, 0.1) is 11.8 Å². The molecule has 0 aromatic heterocycles. The van der Waals surface area contributed by atoms with E-state index in [0.29, 0.717) is 23.3 Å². The highest BCUT2D eigenvalue weighted by molar-refractivity contribution is 5.59. The van der Waals surface area contributed by atoms with Crippen LogP contribution in [0.3, 0.4) is 0 Å². The van der Waals surface area contributed by atoms with Gasteiger partial charge in [-0.25, -0.2) is 0 Å². The third kappa shape index (κ3) is 2.61. The number of nitrogens with two attached hydrogens (primary N) is 1. The number of nitrogen functional groups attached to an aromatic ring is 1. The second-order valence-electron chi connectivity index (χ2n) is 5.44. The lowest BCUT2D eigenvalue weighted by molar-refractivity contribution is 0.0718. The van der Waals surface area contributed by atoms with E-state index in [1.165, 1.54) is 12.8 Å². The van der Waals surface area contributed by atoms with Gasteiger partial charge in [-0.1, -0.05) is 31.9 Å². The minimum absolute atomic E-state index is 0.322. The largest absolute Gasteiger partial charge is 0.495 e.